The van der Waals surface area contributed by atoms with Crippen LogP contribution in [0.2, 0.25) is 0 Å². The number of aromatic nitrogens is 2. The first-order valence-electron chi connectivity index (χ1n) is 6.68. The van der Waals surface area contributed by atoms with E-state index in [-0.39, 0.29) is 18.0 Å². The SMILES string of the molecule is CC(C)CN(C)C(=O)Cn1ncc2ccccc2c1=O. The number of carbonyl (C=O) groups excluding carboxylic acids is 1. The molecule has 0 atom stereocenters. The molecule has 1 heterocycles. The Kier molecular flexibility index (Phi) is 4.17. The third kappa shape index (κ3) is 3.04. The van der Waals surface area contributed by atoms with Gasteiger partial charge in [-0.3, -0.25) is 9.59 Å². The van der Waals surface area contributed by atoms with Crippen LogP contribution in [0.25, 0.3) is 10.8 Å². The molecule has 0 aliphatic carbocycles. The summed E-state index contributed by atoms with van der Waals surface area (Å²) < 4.78 is 1.22. The fraction of sp³-hybridized carbons (Fsp3) is 0.400. The number of carbonyl (C=O) groups is 1. The zero-order chi connectivity index (χ0) is 14.7. The summed E-state index contributed by atoms with van der Waals surface area (Å²) in [6, 6.07) is 7.25. The summed E-state index contributed by atoms with van der Waals surface area (Å²) in [6.07, 6.45) is 1.62. The Morgan fingerprint density at radius 2 is 2.05 bits per heavy atom. The lowest BCUT2D eigenvalue weighted by Crippen LogP contribution is -2.36. The van der Waals surface area contributed by atoms with Gasteiger partial charge in [-0.2, -0.15) is 5.10 Å². The van der Waals surface area contributed by atoms with Gasteiger partial charge in [-0.05, 0) is 12.0 Å². The lowest BCUT2D eigenvalue weighted by atomic mass is 10.2. The van der Waals surface area contributed by atoms with Gasteiger partial charge in [0.1, 0.15) is 6.54 Å². The quantitative estimate of drug-likeness (QED) is 0.848. The molecule has 0 bridgehead atoms. The molecule has 0 radical (unpaired) electrons. The second-order valence-corrected chi connectivity index (χ2v) is 5.36. The van der Waals surface area contributed by atoms with Crippen LogP contribution < -0.4 is 5.56 Å². The van der Waals surface area contributed by atoms with E-state index in [0.29, 0.717) is 17.8 Å². The van der Waals surface area contributed by atoms with Crippen LogP contribution in [0.1, 0.15) is 13.8 Å². The number of amides is 1. The van der Waals surface area contributed by atoms with E-state index in [9.17, 15) is 9.59 Å². The molecule has 2 aromatic rings. The van der Waals surface area contributed by atoms with E-state index in [1.807, 2.05) is 26.0 Å². The van der Waals surface area contributed by atoms with Gasteiger partial charge in [-0.15, -0.1) is 0 Å². The van der Waals surface area contributed by atoms with Crippen LogP contribution in [0.5, 0.6) is 0 Å². The molecule has 0 aliphatic rings. The minimum absolute atomic E-state index is 0.0209. The van der Waals surface area contributed by atoms with Gasteiger partial charge in [-0.1, -0.05) is 32.0 Å². The molecule has 1 amide bonds. The molecule has 5 heteroatoms. The minimum Gasteiger partial charge on any atom is -0.344 e. The van der Waals surface area contributed by atoms with Crippen molar-refractivity contribution in [3.05, 3.63) is 40.8 Å². The lowest BCUT2D eigenvalue weighted by molar-refractivity contribution is -0.131. The summed E-state index contributed by atoms with van der Waals surface area (Å²) in [4.78, 5) is 25.9. The number of hydrogen-bond donors (Lipinski definition) is 0. The van der Waals surface area contributed by atoms with Crippen LogP contribution in [0.4, 0.5) is 0 Å². The maximum atomic E-state index is 12.2. The number of nitrogens with zero attached hydrogens (tertiary/aromatic N) is 3. The summed E-state index contributed by atoms with van der Waals surface area (Å²) in [6.45, 7) is 4.74. The number of likely N-dealkylation sites (N-methyl/N-ethyl adjacent to an activating group) is 1. The van der Waals surface area contributed by atoms with Crippen LogP contribution in [-0.4, -0.2) is 34.2 Å². The Balaban J connectivity index is 2.24. The highest BCUT2D eigenvalue weighted by molar-refractivity contribution is 5.81. The third-order valence-electron chi connectivity index (χ3n) is 3.11. The van der Waals surface area contributed by atoms with Crippen LogP contribution in [-0.2, 0) is 11.3 Å². The van der Waals surface area contributed by atoms with Crippen LogP contribution in [0.3, 0.4) is 0 Å². The van der Waals surface area contributed by atoms with Gasteiger partial charge in [0.2, 0.25) is 5.91 Å². The van der Waals surface area contributed by atoms with Gasteiger partial charge in [0.05, 0.1) is 11.6 Å². The highest BCUT2D eigenvalue weighted by atomic mass is 16.2. The predicted molar refractivity (Wildman–Crippen MR) is 78.5 cm³/mol. The van der Waals surface area contributed by atoms with Crippen molar-refractivity contribution in [3.63, 3.8) is 0 Å². The first-order valence-corrected chi connectivity index (χ1v) is 6.68. The normalized spacial score (nSPS) is 11.0. The lowest BCUT2D eigenvalue weighted by Gasteiger charge is -2.19. The molecule has 1 aromatic carbocycles. The van der Waals surface area contributed by atoms with Crippen molar-refractivity contribution in [2.24, 2.45) is 5.92 Å². The summed E-state index contributed by atoms with van der Waals surface area (Å²) >= 11 is 0. The molecule has 1 aromatic heterocycles. The molecule has 106 valence electrons. The molecule has 2 rings (SSSR count). The smallest absolute Gasteiger partial charge is 0.275 e. The topological polar surface area (TPSA) is 55.2 Å². The van der Waals surface area contributed by atoms with Crippen LogP contribution >= 0.6 is 0 Å². The van der Waals surface area contributed by atoms with Crippen molar-refractivity contribution < 1.29 is 4.79 Å². The van der Waals surface area contributed by atoms with Gasteiger partial charge in [0, 0.05) is 19.0 Å². The summed E-state index contributed by atoms with van der Waals surface area (Å²) in [5.74, 6) is 0.286. The zero-order valence-corrected chi connectivity index (χ0v) is 12.0. The Bertz CT molecular complexity index is 676. The van der Waals surface area contributed by atoms with Gasteiger partial charge in [0.25, 0.3) is 5.56 Å². The van der Waals surface area contributed by atoms with E-state index in [0.717, 1.165) is 5.39 Å². The van der Waals surface area contributed by atoms with Crippen LogP contribution in [0, 0.1) is 5.92 Å². The average Bonchev–Trinajstić information content (AvgIpc) is 2.41. The Hall–Kier alpha value is -2.17. The monoisotopic (exact) mass is 273 g/mol. The number of fused-ring (bicyclic) bond motifs is 1. The highest BCUT2D eigenvalue weighted by Crippen LogP contribution is 2.06. The Morgan fingerprint density at radius 3 is 2.75 bits per heavy atom. The molecule has 0 saturated heterocycles. The van der Waals surface area contributed by atoms with Crippen molar-refractivity contribution in [1.29, 1.82) is 0 Å². The van der Waals surface area contributed by atoms with Crippen molar-refractivity contribution in [2.45, 2.75) is 20.4 Å². The van der Waals surface area contributed by atoms with Crippen molar-refractivity contribution in [3.8, 4) is 0 Å². The molecular formula is C15H19N3O2. The zero-order valence-electron chi connectivity index (χ0n) is 12.0. The molecule has 0 spiro atoms. The molecule has 0 unspecified atom stereocenters. The Labute approximate surface area is 117 Å². The maximum Gasteiger partial charge on any atom is 0.275 e. The largest absolute Gasteiger partial charge is 0.344 e. The van der Waals surface area contributed by atoms with E-state index in [4.69, 9.17) is 0 Å². The summed E-state index contributed by atoms with van der Waals surface area (Å²) in [7, 11) is 1.74. The van der Waals surface area contributed by atoms with E-state index in [1.54, 1.807) is 30.3 Å². The van der Waals surface area contributed by atoms with E-state index in [2.05, 4.69) is 5.10 Å². The highest BCUT2D eigenvalue weighted by Gasteiger charge is 2.13. The number of hydrogen-bond acceptors (Lipinski definition) is 3. The van der Waals surface area contributed by atoms with E-state index in [1.165, 1.54) is 4.68 Å². The second-order valence-electron chi connectivity index (χ2n) is 5.36. The summed E-state index contributed by atoms with van der Waals surface area (Å²) in [5.41, 5.74) is -0.227. The third-order valence-corrected chi connectivity index (χ3v) is 3.11. The minimum atomic E-state index is -0.227. The van der Waals surface area contributed by atoms with Gasteiger partial charge in [0.15, 0.2) is 0 Å². The van der Waals surface area contributed by atoms with Crippen LogP contribution in [0.15, 0.2) is 35.3 Å². The number of rotatable bonds is 4. The molecule has 0 aliphatic heterocycles. The van der Waals surface area contributed by atoms with Gasteiger partial charge >= 0.3 is 0 Å². The van der Waals surface area contributed by atoms with Crippen molar-refractivity contribution >= 4 is 16.7 Å². The molecular weight excluding hydrogens is 254 g/mol. The van der Waals surface area contributed by atoms with Gasteiger partial charge < -0.3 is 4.90 Å². The second kappa shape index (κ2) is 5.86. The van der Waals surface area contributed by atoms with Gasteiger partial charge in [-0.25, -0.2) is 4.68 Å². The molecule has 20 heavy (non-hydrogen) atoms. The standard InChI is InChI=1S/C15H19N3O2/c1-11(2)9-17(3)14(19)10-18-15(20)13-7-5-4-6-12(13)8-16-18/h4-8,11H,9-10H2,1-3H3. The first-order chi connectivity index (χ1) is 9.49. The first kappa shape index (κ1) is 14.2. The predicted octanol–water partition coefficient (Wildman–Crippen LogP) is 1.51. The van der Waals surface area contributed by atoms with Crippen molar-refractivity contribution in [2.75, 3.05) is 13.6 Å². The van der Waals surface area contributed by atoms with Crippen molar-refractivity contribution in [1.82, 2.24) is 14.7 Å². The fourth-order valence-electron chi connectivity index (χ4n) is 2.14. The molecule has 0 N–H and O–H groups in total. The molecule has 5 nitrogen and oxygen atoms in total. The fourth-order valence-corrected chi connectivity index (χ4v) is 2.14. The summed E-state index contributed by atoms with van der Waals surface area (Å²) in [5, 5.41) is 5.44. The average molecular weight is 273 g/mol. The van der Waals surface area contributed by atoms with E-state index >= 15 is 0 Å². The maximum absolute atomic E-state index is 12.2. The molecule has 0 saturated carbocycles. The number of benzene rings is 1. The Morgan fingerprint density at radius 1 is 1.35 bits per heavy atom. The molecule has 0 fully saturated rings. The van der Waals surface area contributed by atoms with E-state index < -0.39 is 0 Å².